The van der Waals surface area contributed by atoms with E-state index in [1.165, 1.54) is 6.92 Å². The maximum atomic E-state index is 12.8. The average molecular weight is 330 g/mol. The van der Waals surface area contributed by atoms with E-state index in [4.69, 9.17) is 4.74 Å². The highest BCUT2D eigenvalue weighted by Gasteiger charge is 2.37. The van der Waals surface area contributed by atoms with Gasteiger partial charge in [0.2, 0.25) is 0 Å². The second kappa shape index (κ2) is 8.52. The number of benzene rings is 1. The molecule has 5 heteroatoms. The Morgan fingerprint density at radius 2 is 1.88 bits per heavy atom. The minimum atomic E-state index is -0.649. The van der Waals surface area contributed by atoms with Crippen LogP contribution in [0, 0.1) is 5.92 Å². The zero-order valence-corrected chi connectivity index (χ0v) is 13.8. The molecule has 1 heterocycles. The van der Waals surface area contributed by atoms with Gasteiger partial charge < -0.3 is 9.53 Å². The third-order valence-electron chi connectivity index (χ3n) is 4.19. The van der Waals surface area contributed by atoms with Gasteiger partial charge in [0.15, 0.2) is 5.78 Å². The molecule has 1 aromatic rings. The van der Waals surface area contributed by atoms with Crippen LogP contribution in [-0.2, 0) is 19.1 Å². The van der Waals surface area contributed by atoms with E-state index in [9.17, 15) is 19.2 Å². The van der Waals surface area contributed by atoms with E-state index in [0.29, 0.717) is 24.8 Å². The fraction of sp³-hybridized carbons (Fsp3) is 0.474. The molecule has 128 valence electrons. The summed E-state index contributed by atoms with van der Waals surface area (Å²) < 4.78 is 5.24. The first-order valence-electron chi connectivity index (χ1n) is 8.27. The fourth-order valence-corrected chi connectivity index (χ4v) is 2.92. The topological polar surface area (TPSA) is 77.5 Å². The molecule has 0 saturated carbocycles. The first kappa shape index (κ1) is 18.0. The molecule has 0 spiro atoms. The van der Waals surface area contributed by atoms with Gasteiger partial charge in [0, 0.05) is 31.2 Å². The Morgan fingerprint density at radius 3 is 2.46 bits per heavy atom. The van der Waals surface area contributed by atoms with Gasteiger partial charge in [-0.25, -0.2) is 0 Å². The monoisotopic (exact) mass is 330 g/mol. The predicted octanol–water partition coefficient (Wildman–Crippen LogP) is 2.91. The highest BCUT2D eigenvalue weighted by Crippen LogP contribution is 2.28. The standard InChI is InChI=1S/C19H22O5/c1-13(20)6-5-9-15(21)12-16(17-10-11-18(22)24-17)19(23)14-7-3-2-4-8-14/h2-4,7-8,16-17H,5-6,9-12H2,1H3. The number of carbonyl (C=O) groups excluding carboxylic acids is 4. The zero-order chi connectivity index (χ0) is 17.5. The highest BCUT2D eigenvalue weighted by molar-refractivity contribution is 6.00. The van der Waals surface area contributed by atoms with Crippen molar-refractivity contribution < 1.29 is 23.9 Å². The molecular weight excluding hydrogens is 308 g/mol. The van der Waals surface area contributed by atoms with Crippen LogP contribution in [0.3, 0.4) is 0 Å². The van der Waals surface area contributed by atoms with Crippen LogP contribution < -0.4 is 0 Å². The van der Waals surface area contributed by atoms with Crippen LogP contribution >= 0.6 is 0 Å². The average Bonchev–Trinajstić information content (AvgIpc) is 2.98. The summed E-state index contributed by atoms with van der Waals surface area (Å²) in [6.45, 7) is 1.49. The molecular formula is C19H22O5. The lowest BCUT2D eigenvalue weighted by atomic mass is 9.86. The molecule has 0 bridgehead atoms. The molecule has 5 nitrogen and oxygen atoms in total. The van der Waals surface area contributed by atoms with Crippen molar-refractivity contribution in [3.05, 3.63) is 35.9 Å². The van der Waals surface area contributed by atoms with Gasteiger partial charge in [-0.3, -0.25) is 14.4 Å². The van der Waals surface area contributed by atoms with E-state index in [-0.39, 0.29) is 42.6 Å². The first-order valence-corrected chi connectivity index (χ1v) is 8.27. The second-order valence-electron chi connectivity index (χ2n) is 6.20. The molecule has 0 amide bonds. The third kappa shape index (κ3) is 5.11. The number of hydrogen-bond donors (Lipinski definition) is 0. The van der Waals surface area contributed by atoms with Gasteiger partial charge in [0.25, 0.3) is 0 Å². The van der Waals surface area contributed by atoms with Crippen LogP contribution in [0.25, 0.3) is 0 Å². The Bertz CT molecular complexity index is 620. The van der Waals surface area contributed by atoms with Crippen molar-refractivity contribution in [1.82, 2.24) is 0 Å². The molecule has 0 N–H and O–H groups in total. The Kier molecular flexibility index (Phi) is 6.41. The lowest BCUT2D eigenvalue weighted by Crippen LogP contribution is -2.30. The van der Waals surface area contributed by atoms with Gasteiger partial charge >= 0.3 is 5.97 Å². The number of ketones is 3. The predicted molar refractivity (Wildman–Crippen MR) is 87.5 cm³/mol. The van der Waals surface area contributed by atoms with Crippen LogP contribution in [-0.4, -0.2) is 29.4 Å². The molecule has 2 unspecified atom stereocenters. The summed E-state index contributed by atoms with van der Waals surface area (Å²) in [4.78, 5) is 47.3. The largest absolute Gasteiger partial charge is 0.462 e. The summed E-state index contributed by atoms with van der Waals surface area (Å²) in [6.07, 6.45) is 1.36. The van der Waals surface area contributed by atoms with Crippen molar-refractivity contribution in [2.75, 3.05) is 0 Å². The molecule has 0 aliphatic carbocycles. The van der Waals surface area contributed by atoms with Crippen LogP contribution in [0.5, 0.6) is 0 Å². The number of ether oxygens (including phenoxy) is 1. The number of rotatable bonds is 9. The number of hydrogen-bond acceptors (Lipinski definition) is 5. The van der Waals surface area contributed by atoms with Gasteiger partial charge in [0.05, 0.1) is 5.92 Å². The SMILES string of the molecule is CC(=O)CCCC(=O)CC(C(=O)c1ccccc1)C1CCC(=O)O1. The smallest absolute Gasteiger partial charge is 0.306 e. The van der Waals surface area contributed by atoms with Crippen molar-refractivity contribution in [3.8, 4) is 0 Å². The minimum absolute atomic E-state index is 0.0452. The van der Waals surface area contributed by atoms with Gasteiger partial charge in [-0.15, -0.1) is 0 Å². The van der Waals surface area contributed by atoms with E-state index in [1.54, 1.807) is 24.3 Å². The highest BCUT2D eigenvalue weighted by atomic mass is 16.5. The number of esters is 1. The summed E-state index contributed by atoms with van der Waals surface area (Å²) in [5.41, 5.74) is 0.516. The van der Waals surface area contributed by atoms with E-state index in [2.05, 4.69) is 0 Å². The summed E-state index contributed by atoms with van der Waals surface area (Å²) in [5, 5.41) is 0. The Balaban J connectivity index is 2.05. The van der Waals surface area contributed by atoms with Crippen LogP contribution in [0.2, 0.25) is 0 Å². The molecule has 2 atom stereocenters. The molecule has 1 aromatic carbocycles. The second-order valence-corrected chi connectivity index (χ2v) is 6.20. The molecule has 2 rings (SSSR count). The number of Topliss-reactive ketones (excluding diaryl/α,β-unsaturated/α-hetero) is 3. The van der Waals surface area contributed by atoms with Crippen molar-refractivity contribution in [2.24, 2.45) is 5.92 Å². The van der Waals surface area contributed by atoms with Gasteiger partial charge in [-0.2, -0.15) is 0 Å². The lowest BCUT2D eigenvalue weighted by molar-refractivity contribution is -0.143. The van der Waals surface area contributed by atoms with Crippen LogP contribution in [0.15, 0.2) is 30.3 Å². The third-order valence-corrected chi connectivity index (χ3v) is 4.19. The van der Waals surface area contributed by atoms with Crippen LogP contribution in [0.4, 0.5) is 0 Å². The normalized spacial score (nSPS) is 18.0. The van der Waals surface area contributed by atoms with E-state index < -0.39 is 12.0 Å². The summed E-state index contributed by atoms with van der Waals surface area (Å²) in [5.74, 6) is -1.17. The van der Waals surface area contributed by atoms with Crippen LogP contribution in [0.1, 0.15) is 55.8 Å². The number of cyclic esters (lactones) is 1. The quantitative estimate of drug-likeness (QED) is 0.514. The summed E-state index contributed by atoms with van der Waals surface area (Å²) in [6, 6.07) is 8.74. The van der Waals surface area contributed by atoms with Crippen molar-refractivity contribution in [2.45, 2.75) is 51.6 Å². The first-order chi connectivity index (χ1) is 11.5. The molecule has 1 fully saturated rings. The van der Waals surface area contributed by atoms with E-state index >= 15 is 0 Å². The van der Waals surface area contributed by atoms with Crippen molar-refractivity contribution >= 4 is 23.3 Å². The summed E-state index contributed by atoms with van der Waals surface area (Å²) >= 11 is 0. The van der Waals surface area contributed by atoms with Crippen molar-refractivity contribution in [3.63, 3.8) is 0 Å². The number of carbonyl (C=O) groups is 4. The maximum Gasteiger partial charge on any atom is 0.306 e. The maximum absolute atomic E-state index is 12.8. The Hall–Kier alpha value is -2.30. The lowest BCUT2D eigenvalue weighted by Gasteiger charge is -2.21. The molecule has 24 heavy (non-hydrogen) atoms. The zero-order valence-electron chi connectivity index (χ0n) is 13.8. The molecule has 1 aliphatic heterocycles. The Labute approximate surface area is 141 Å². The molecule has 1 saturated heterocycles. The fourth-order valence-electron chi connectivity index (χ4n) is 2.92. The molecule has 1 aliphatic rings. The summed E-state index contributed by atoms with van der Waals surface area (Å²) in [7, 11) is 0. The Morgan fingerprint density at radius 1 is 1.17 bits per heavy atom. The van der Waals surface area contributed by atoms with E-state index in [0.717, 1.165) is 0 Å². The van der Waals surface area contributed by atoms with Gasteiger partial charge in [0.1, 0.15) is 17.7 Å². The molecule has 0 radical (unpaired) electrons. The van der Waals surface area contributed by atoms with Gasteiger partial charge in [-0.1, -0.05) is 30.3 Å². The van der Waals surface area contributed by atoms with Crippen molar-refractivity contribution in [1.29, 1.82) is 0 Å². The van der Waals surface area contributed by atoms with Gasteiger partial charge in [-0.05, 0) is 19.8 Å². The van der Waals surface area contributed by atoms with E-state index in [1.807, 2.05) is 6.07 Å². The molecule has 0 aromatic heterocycles. The minimum Gasteiger partial charge on any atom is -0.462 e.